The van der Waals surface area contributed by atoms with E-state index in [9.17, 15) is 9.59 Å². The highest BCUT2D eigenvalue weighted by atomic mass is 35.5. The molecule has 1 atom stereocenters. The molecule has 0 fully saturated rings. The summed E-state index contributed by atoms with van der Waals surface area (Å²) in [5.74, 6) is 5.43. The lowest BCUT2D eigenvalue weighted by Crippen LogP contribution is -2.41. The van der Waals surface area contributed by atoms with Crippen LogP contribution in [0, 0.1) is 17.8 Å². The molecule has 5 nitrogen and oxygen atoms in total. The maximum absolute atomic E-state index is 12.0. The van der Waals surface area contributed by atoms with Crippen molar-refractivity contribution in [3.05, 3.63) is 34.3 Å². The number of alkyl carbamates (subject to hydrolysis) is 1. The second-order valence-electron chi connectivity index (χ2n) is 6.82. The van der Waals surface area contributed by atoms with Crippen molar-refractivity contribution < 1.29 is 19.1 Å². The van der Waals surface area contributed by atoms with Gasteiger partial charge in [0.2, 0.25) is 0 Å². The number of nitrogens with one attached hydrogen (secondary N) is 1. The van der Waals surface area contributed by atoms with Gasteiger partial charge in [0.15, 0.2) is 0 Å². The first kappa shape index (κ1) is 20.9. The van der Waals surface area contributed by atoms with E-state index in [1.807, 2.05) is 13.8 Å². The molecule has 0 saturated carbocycles. The number of benzene rings is 1. The smallest absolute Gasteiger partial charge is 0.408 e. The molecule has 0 bridgehead atoms. The van der Waals surface area contributed by atoms with Crippen molar-refractivity contribution >= 4 is 23.7 Å². The van der Waals surface area contributed by atoms with Gasteiger partial charge in [0.25, 0.3) is 0 Å². The minimum atomic E-state index is -0.593. The second-order valence-corrected chi connectivity index (χ2v) is 7.26. The summed E-state index contributed by atoms with van der Waals surface area (Å²) in [5.41, 5.74) is 0.166. The van der Waals surface area contributed by atoms with E-state index in [1.165, 1.54) is 7.11 Å². The summed E-state index contributed by atoms with van der Waals surface area (Å²) in [5, 5.41) is 3.19. The molecular weight excluding hydrogens is 342 g/mol. The van der Waals surface area contributed by atoms with Crippen LogP contribution >= 0.6 is 11.6 Å². The monoisotopic (exact) mass is 365 g/mol. The Kier molecular flexibility index (Phi) is 7.32. The van der Waals surface area contributed by atoms with Gasteiger partial charge in [-0.05, 0) is 44.9 Å². The van der Waals surface area contributed by atoms with Gasteiger partial charge in [0, 0.05) is 10.6 Å². The van der Waals surface area contributed by atoms with Gasteiger partial charge in [-0.2, -0.15) is 0 Å². The van der Waals surface area contributed by atoms with Gasteiger partial charge in [-0.25, -0.2) is 9.59 Å². The van der Waals surface area contributed by atoms with Crippen LogP contribution in [-0.2, 0) is 9.47 Å². The number of rotatable bonds is 3. The van der Waals surface area contributed by atoms with Crippen LogP contribution < -0.4 is 5.32 Å². The lowest BCUT2D eigenvalue weighted by atomic mass is 10.0. The van der Waals surface area contributed by atoms with Crippen LogP contribution in [0.15, 0.2) is 18.2 Å². The van der Waals surface area contributed by atoms with Crippen LogP contribution in [0.2, 0.25) is 5.02 Å². The summed E-state index contributed by atoms with van der Waals surface area (Å²) < 4.78 is 10.0. The molecule has 25 heavy (non-hydrogen) atoms. The van der Waals surface area contributed by atoms with Crippen molar-refractivity contribution in [1.82, 2.24) is 5.32 Å². The minimum absolute atomic E-state index is 0.0424. The maximum atomic E-state index is 12.0. The van der Waals surface area contributed by atoms with Crippen LogP contribution in [0.3, 0.4) is 0 Å². The number of amides is 1. The van der Waals surface area contributed by atoms with Gasteiger partial charge in [-0.1, -0.05) is 37.3 Å². The van der Waals surface area contributed by atoms with Crippen LogP contribution in [0.5, 0.6) is 0 Å². The largest absolute Gasteiger partial charge is 0.465 e. The van der Waals surface area contributed by atoms with E-state index in [0.29, 0.717) is 16.1 Å². The van der Waals surface area contributed by atoms with Crippen molar-refractivity contribution in [2.24, 2.45) is 5.92 Å². The summed E-state index contributed by atoms with van der Waals surface area (Å²) >= 11 is 5.99. The number of hydrogen-bond donors (Lipinski definition) is 1. The van der Waals surface area contributed by atoms with Gasteiger partial charge < -0.3 is 14.8 Å². The van der Waals surface area contributed by atoms with Crippen molar-refractivity contribution in [3.63, 3.8) is 0 Å². The first-order valence-corrected chi connectivity index (χ1v) is 8.30. The standard InChI is InChI=1S/C19H24ClNO4/c1-12(2)16(21-18(23)25-19(3,4)5)10-7-13-11-14(20)8-9-15(13)17(22)24-6/h8-9,11-12,16H,1-6H3,(H,21,23)/t16-/m0/s1. The van der Waals surface area contributed by atoms with E-state index in [2.05, 4.69) is 17.2 Å². The Balaban J connectivity index is 3.07. The number of halogens is 1. The van der Waals surface area contributed by atoms with Gasteiger partial charge in [0.1, 0.15) is 5.60 Å². The summed E-state index contributed by atoms with van der Waals surface area (Å²) in [6.45, 7) is 9.22. The van der Waals surface area contributed by atoms with Gasteiger partial charge in [-0.15, -0.1) is 0 Å². The normalized spacial score (nSPS) is 12.0. The fourth-order valence-electron chi connectivity index (χ4n) is 1.87. The fourth-order valence-corrected chi connectivity index (χ4v) is 2.04. The van der Waals surface area contributed by atoms with Crippen molar-refractivity contribution in [2.75, 3.05) is 7.11 Å². The average Bonchev–Trinajstić information content (AvgIpc) is 2.48. The third-order valence-corrected chi connectivity index (χ3v) is 3.32. The lowest BCUT2D eigenvalue weighted by molar-refractivity contribution is 0.0505. The highest BCUT2D eigenvalue weighted by Gasteiger charge is 2.20. The molecule has 0 saturated heterocycles. The SMILES string of the molecule is COC(=O)c1ccc(Cl)cc1C#C[C@H](NC(=O)OC(C)(C)C)C(C)C. The third-order valence-electron chi connectivity index (χ3n) is 3.09. The number of carbonyl (C=O) groups excluding carboxylic acids is 2. The molecule has 1 N–H and O–H groups in total. The zero-order valence-electron chi connectivity index (χ0n) is 15.4. The molecule has 6 heteroatoms. The summed E-state index contributed by atoms with van der Waals surface area (Å²) in [4.78, 5) is 23.8. The highest BCUT2D eigenvalue weighted by molar-refractivity contribution is 6.30. The zero-order chi connectivity index (χ0) is 19.2. The van der Waals surface area contributed by atoms with Crippen molar-refractivity contribution in [2.45, 2.75) is 46.3 Å². The molecule has 0 aliphatic rings. The molecule has 1 rings (SSSR count). The Morgan fingerprint density at radius 2 is 1.88 bits per heavy atom. The van der Waals surface area contributed by atoms with Crippen LogP contribution in [0.25, 0.3) is 0 Å². The average molecular weight is 366 g/mol. The number of esters is 1. The third kappa shape index (κ3) is 7.06. The molecule has 1 aromatic carbocycles. The predicted octanol–water partition coefficient (Wildman–Crippen LogP) is 4.03. The fraction of sp³-hybridized carbons (Fsp3) is 0.474. The molecule has 136 valence electrons. The Labute approximate surface area is 154 Å². The Morgan fingerprint density at radius 1 is 1.24 bits per heavy atom. The van der Waals surface area contributed by atoms with E-state index in [-0.39, 0.29) is 5.92 Å². The molecule has 1 amide bonds. The van der Waals surface area contributed by atoms with E-state index in [0.717, 1.165) is 0 Å². The van der Waals surface area contributed by atoms with Gasteiger partial charge in [0.05, 0.1) is 18.7 Å². The molecule has 0 heterocycles. The quantitative estimate of drug-likeness (QED) is 0.648. The minimum Gasteiger partial charge on any atom is -0.465 e. The first-order chi connectivity index (χ1) is 11.5. The number of hydrogen-bond acceptors (Lipinski definition) is 4. The zero-order valence-corrected chi connectivity index (χ0v) is 16.2. The molecule has 0 aliphatic carbocycles. The molecular formula is C19H24ClNO4. The lowest BCUT2D eigenvalue weighted by Gasteiger charge is -2.23. The Hall–Kier alpha value is -2.19. The Morgan fingerprint density at radius 3 is 2.40 bits per heavy atom. The van der Waals surface area contributed by atoms with Crippen molar-refractivity contribution in [3.8, 4) is 11.8 Å². The van der Waals surface area contributed by atoms with Gasteiger partial charge >= 0.3 is 12.1 Å². The molecule has 0 aromatic heterocycles. The highest BCUT2D eigenvalue weighted by Crippen LogP contribution is 2.16. The topological polar surface area (TPSA) is 64.6 Å². The van der Waals surface area contributed by atoms with E-state index in [1.54, 1.807) is 39.0 Å². The first-order valence-electron chi connectivity index (χ1n) is 7.92. The summed E-state index contributed by atoms with van der Waals surface area (Å²) in [6.07, 6.45) is -0.542. The van der Waals surface area contributed by atoms with Gasteiger partial charge in [-0.3, -0.25) is 0 Å². The Bertz CT molecular complexity index is 696. The van der Waals surface area contributed by atoms with Crippen molar-refractivity contribution in [1.29, 1.82) is 0 Å². The van der Waals surface area contributed by atoms with Crippen LogP contribution in [0.4, 0.5) is 4.79 Å². The molecule has 0 aliphatic heterocycles. The predicted molar refractivity (Wildman–Crippen MR) is 97.7 cm³/mol. The molecule has 0 unspecified atom stereocenters. The second kappa shape index (κ2) is 8.77. The van der Waals surface area contributed by atoms with Crippen LogP contribution in [0.1, 0.15) is 50.5 Å². The number of ether oxygens (including phenoxy) is 2. The summed E-state index contributed by atoms with van der Waals surface area (Å²) in [7, 11) is 1.30. The van der Waals surface area contributed by atoms with Crippen LogP contribution in [-0.4, -0.2) is 30.8 Å². The van der Waals surface area contributed by atoms with E-state index < -0.39 is 23.7 Å². The molecule has 1 aromatic rings. The number of carbonyl (C=O) groups is 2. The molecule has 0 spiro atoms. The number of methoxy groups -OCH3 is 1. The van der Waals surface area contributed by atoms with E-state index in [4.69, 9.17) is 21.1 Å². The summed E-state index contributed by atoms with van der Waals surface area (Å²) in [6, 6.07) is 4.30. The van der Waals surface area contributed by atoms with E-state index >= 15 is 0 Å². The molecule has 0 radical (unpaired) electrons. The maximum Gasteiger partial charge on any atom is 0.408 e.